The number of Topliss-reactive ketones (excluding diaryl/α,β-unsaturated/α-hetero) is 1. The van der Waals surface area contributed by atoms with Crippen LogP contribution in [0, 0.1) is 0 Å². The number of unbranched alkanes of at least 4 members (excludes halogenated alkanes) is 2. The molecule has 7 heteroatoms. The number of amides is 2. The van der Waals surface area contributed by atoms with E-state index in [0.717, 1.165) is 6.42 Å². The molecule has 3 N–H and O–H groups in total. The van der Waals surface area contributed by atoms with Gasteiger partial charge in [-0.05, 0) is 36.4 Å². The summed E-state index contributed by atoms with van der Waals surface area (Å²) in [6.45, 7) is -0.432. The number of rotatable bonds is 11. The topological polar surface area (TPSA) is 95.5 Å². The molecule has 2 amide bonds. The first kappa shape index (κ1) is 20.8. The lowest BCUT2D eigenvalue weighted by Gasteiger charge is -2.18. The summed E-state index contributed by atoms with van der Waals surface area (Å²) in [6, 6.07) is 11.9. The molecule has 0 spiro atoms. The molecule has 0 radical (unpaired) electrons. The average molecular weight is 388 g/mol. The van der Waals surface area contributed by atoms with Crippen LogP contribution in [0.15, 0.2) is 47.8 Å². The normalized spacial score (nSPS) is 11.6. The van der Waals surface area contributed by atoms with Crippen LogP contribution in [0.3, 0.4) is 0 Å². The van der Waals surface area contributed by atoms with Gasteiger partial charge in [-0.2, -0.15) is 0 Å². The summed E-state index contributed by atoms with van der Waals surface area (Å²) < 4.78 is 0. The van der Waals surface area contributed by atoms with E-state index in [2.05, 4.69) is 10.6 Å². The molecule has 1 heterocycles. The lowest BCUT2D eigenvalue weighted by Crippen LogP contribution is -2.43. The molecule has 0 bridgehead atoms. The fourth-order valence-corrected chi connectivity index (χ4v) is 3.21. The smallest absolute Gasteiger partial charge is 0.261 e. The van der Waals surface area contributed by atoms with E-state index < -0.39 is 12.6 Å². The Morgan fingerprint density at radius 1 is 1.00 bits per heavy atom. The van der Waals surface area contributed by atoms with Crippen LogP contribution in [-0.2, 0) is 9.59 Å². The number of thiophene rings is 1. The first-order chi connectivity index (χ1) is 13.1. The molecule has 0 aliphatic carbocycles. The molecular formula is C20H24N2O4S. The van der Waals surface area contributed by atoms with E-state index in [1.165, 1.54) is 11.3 Å². The highest BCUT2D eigenvalue weighted by Crippen LogP contribution is 2.13. The van der Waals surface area contributed by atoms with E-state index in [1.54, 1.807) is 24.3 Å². The minimum Gasteiger partial charge on any atom is -0.389 e. The Morgan fingerprint density at radius 2 is 1.78 bits per heavy atom. The van der Waals surface area contributed by atoms with Crippen LogP contribution in [0.1, 0.15) is 41.8 Å². The SMILES string of the molecule is O=C(CO)CCCCC[C@H](NC(=O)c1cccs1)C(=O)Nc1ccccc1. The van der Waals surface area contributed by atoms with E-state index in [9.17, 15) is 14.4 Å². The number of ketones is 1. The molecule has 0 fully saturated rings. The third-order valence-electron chi connectivity index (χ3n) is 4.03. The van der Waals surface area contributed by atoms with Gasteiger partial charge in [0.2, 0.25) is 5.91 Å². The molecule has 1 aromatic carbocycles. The first-order valence-corrected chi connectivity index (χ1v) is 9.81. The summed E-state index contributed by atoms with van der Waals surface area (Å²) >= 11 is 1.32. The Bertz CT molecular complexity index is 732. The monoisotopic (exact) mass is 388 g/mol. The van der Waals surface area contributed by atoms with Gasteiger partial charge in [0.05, 0.1) is 4.88 Å². The van der Waals surface area contributed by atoms with Crippen molar-refractivity contribution in [2.24, 2.45) is 0 Å². The molecule has 0 saturated heterocycles. The highest BCUT2D eigenvalue weighted by atomic mass is 32.1. The second-order valence-electron chi connectivity index (χ2n) is 6.15. The highest BCUT2D eigenvalue weighted by Gasteiger charge is 2.21. The molecular weight excluding hydrogens is 364 g/mol. The van der Waals surface area contributed by atoms with Gasteiger partial charge in [0.1, 0.15) is 12.6 Å². The predicted octanol–water partition coefficient (Wildman–Crippen LogP) is 3.00. The molecule has 144 valence electrons. The Morgan fingerprint density at radius 3 is 2.44 bits per heavy atom. The van der Waals surface area contributed by atoms with Gasteiger partial charge in [-0.25, -0.2) is 0 Å². The number of carbonyl (C=O) groups is 3. The predicted molar refractivity (Wildman–Crippen MR) is 106 cm³/mol. The fourth-order valence-electron chi connectivity index (χ4n) is 2.58. The number of anilines is 1. The van der Waals surface area contributed by atoms with Gasteiger partial charge in [-0.3, -0.25) is 14.4 Å². The van der Waals surface area contributed by atoms with Gasteiger partial charge in [0.25, 0.3) is 5.91 Å². The van der Waals surface area contributed by atoms with Gasteiger partial charge in [0, 0.05) is 12.1 Å². The Labute approximate surface area is 162 Å². The van der Waals surface area contributed by atoms with Crippen LogP contribution >= 0.6 is 11.3 Å². The number of hydrogen-bond donors (Lipinski definition) is 3. The van der Waals surface area contributed by atoms with Crippen molar-refractivity contribution in [1.82, 2.24) is 5.32 Å². The van der Waals surface area contributed by atoms with E-state index in [0.29, 0.717) is 36.2 Å². The number of nitrogens with one attached hydrogen (secondary N) is 2. The summed E-state index contributed by atoms with van der Waals surface area (Å²) in [4.78, 5) is 36.6. The van der Waals surface area contributed by atoms with Crippen LogP contribution in [0.25, 0.3) is 0 Å². The number of aliphatic hydroxyl groups excluding tert-OH is 1. The molecule has 2 rings (SSSR count). The molecule has 1 aromatic heterocycles. The quantitative estimate of drug-likeness (QED) is 0.516. The molecule has 0 saturated carbocycles. The summed E-state index contributed by atoms with van der Waals surface area (Å²) in [7, 11) is 0. The highest BCUT2D eigenvalue weighted by molar-refractivity contribution is 7.12. The van der Waals surface area contributed by atoms with Crippen molar-refractivity contribution in [2.45, 2.75) is 38.1 Å². The first-order valence-electron chi connectivity index (χ1n) is 8.93. The summed E-state index contributed by atoms with van der Waals surface area (Å²) in [5.41, 5.74) is 0.673. The molecule has 27 heavy (non-hydrogen) atoms. The van der Waals surface area contributed by atoms with Gasteiger partial charge >= 0.3 is 0 Å². The zero-order chi connectivity index (χ0) is 19.5. The summed E-state index contributed by atoms with van der Waals surface area (Å²) in [5, 5.41) is 16.2. The van der Waals surface area contributed by atoms with Crippen LogP contribution in [-0.4, -0.2) is 35.4 Å². The summed E-state index contributed by atoms with van der Waals surface area (Å²) in [5.74, 6) is -0.717. The molecule has 2 aromatic rings. The Kier molecular flexibility index (Phi) is 8.67. The van der Waals surface area contributed by atoms with Crippen LogP contribution in [0.4, 0.5) is 5.69 Å². The van der Waals surface area contributed by atoms with Crippen molar-refractivity contribution in [3.63, 3.8) is 0 Å². The van der Waals surface area contributed by atoms with Crippen molar-refractivity contribution in [1.29, 1.82) is 0 Å². The number of para-hydroxylation sites is 1. The third-order valence-corrected chi connectivity index (χ3v) is 4.90. The Hall–Kier alpha value is -2.51. The van der Waals surface area contributed by atoms with Crippen molar-refractivity contribution < 1.29 is 19.5 Å². The van der Waals surface area contributed by atoms with E-state index in [-0.39, 0.29) is 17.6 Å². The maximum atomic E-state index is 12.6. The van der Waals surface area contributed by atoms with Crippen molar-refractivity contribution in [2.75, 3.05) is 11.9 Å². The largest absolute Gasteiger partial charge is 0.389 e. The fraction of sp³-hybridized carbons (Fsp3) is 0.350. The van der Waals surface area contributed by atoms with E-state index >= 15 is 0 Å². The molecule has 1 atom stereocenters. The molecule has 6 nitrogen and oxygen atoms in total. The second kappa shape index (κ2) is 11.3. The number of benzene rings is 1. The standard InChI is InChI=1S/C20H24N2O4S/c23-14-16(24)10-5-2-6-11-17(22-20(26)18-12-7-13-27-18)19(25)21-15-8-3-1-4-9-15/h1,3-4,7-9,12-13,17,23H,2,5-6,10-11,14H2,(H,21,25)(H,22,26)/t17-/m0/s1. The molecule has 0 aliphatic heterocycles. The van der Waals surface area contributed by atoms with Crippen LogP contribution in [0.2, 0.25) is 0 Å². The number of aliphatic hydroxyl groups is 1. The van der Waals surface area contributed by atoms with Gasteiger partial charge in [-0.1, -0.05) is 37.1 Å². The maximum Gasteiger partial charge on any atom is 0.261 e. The molecule has 0 unspecified atom stereocenters. The second-order valence-corrected chi connectivity index (χ2v) is 7.10. The van der Waals surface area contributed by atoms with Crippen molar-refractivity contribution in [3.05, 3.63) is 52.7 Å². The minimum absolute atomic E-state index is 0.181. The van der Waals surface area contributed by atoms with E-state index in [1.807, 2.05) is 23.6 Å². The van der Waals surface area contributed by atoms with Crippen molar-refractivity contribution >= 4 is 34.6 Å². The molecule has 0 aliphatic rings. The zero-order valence-corrected chi connectivity index (χ0v) is 15.8. The average Bonchev–Trinajstić information content (AvgIpc) is 3.22. The van der Waals surface area contributed by atoms with Gasteiger partial charge in [0.15, 0.2) is 5.78 Å². The zero-order valence-electron chi connectivity index (χ0n) is 15.0. The lowest BCUT2D eigenvalue weighted by atomic mass is 10.0. The van der Waals surface area contributed by atoms with Crippen LogP contribution < -0.4 is 10.6 Å². The minimum atomic E-state index is -0.659. The maximum absolute atomic E-state index is 12.6. The van der Waals surface area contributed by atoms with Gasteiger partial charge < -0.3 is 15.7 Å². The Balaban J connectivity index is 1.91. The van der Waals surface area contributed by atoms with Crippen molar-refractivity contribution in [3.8, 4) is 0 Å². The van der Waals surface area contributed by atoms with Crippen LogP contribution in [0.5, 0.6) is 0 Å². The number of carbonyl (C=O) groups excluding carboxylic acids is 3. The van der Waals surface area contributed by atoms with E-state index in [4.69, 9.17) is 5.11 Å². The number of hydrogen-bond acceptors (Lipinski definition) is 5. The van der Waals surface area contributed by atoms with Gasteiger partial charge in [-0.15, -0.1) is 11.3 Å². The third kappa shape index (κ3) is 7.32. The summed E-state index contributed by atoms with van der Waals surface area (Å²) in [6.07, 6.45) is 2.90. The lowest BCUT2D eigenvalue weighted by molar-refractivity contribution is -0.122.